The molecule has 1 saturated heterocycles. The predicted octanol–water partition coefficient (Wildman–Crippen LogP) is 3.78. The van der Waals surface area contributed by atoms with Crippen LogP contribution in [0.3, 0.4) is 0 Å². The normalized spacial score (nSPS) is 22.7. The molecule has 1 aromatic rings. The lowest BCUT2D eigenvalue weighted by atomic mass is 9.87. The fraction of sp³-hybridized carbons (Fsp3) is 0.731. The van der Waals surface area contributed by atoms with E-state index < -0.39 is 0 Å². The second kappa shape index (κ2) is 9.60. The number of esters is 1. The van der Waals surface area contributed by atoms with Crippen molar-refractivity contribution >= 4 is 11.8 Å². The van der Waals surface area contributed by atoms with E-state index in [9.17, 15) is 10.1 Å². The van der Waals surface area contributed by atoms with Crippen molar-refractivity contribution in [2.24, 2.45) is 5.92 Å². The van der Waals surface area contributed by atoms with Crippen LogP contribution in [0, 0.1) is 17.2 Å². The summed E-state index contributed by atoms with van der Waals surface area (Å²) in [6, 6.07) is 2.90. The molecule has 7 heteroatoms. The van der Waals surface area contributed by atoms with Crippen LogP contribution in [-0.2, 0) is 27.3 Å². The Bertz CT molecular complexity index is 932. The van der Waals surface area contributed by atoms with E-state index in [0.717, 1.165) is 56.0 Å². The molecule has 1 unspecified atom stereocenters. The van der Waals surface area contributed by atoms with Crippen LogP contribution in [0.15, 0.2) is 0 Å². The Labute approximate surface area is 198 Å². The second-order valence-corrected chi connectivity index (χ2v) is 10.8. The molecule has 4 rings (SSSR count). The molecule has 0 radical (unpaired) electrons. The van der Waals surface area contributed by atoms with Crippen molar-refractivity contribution in [1.29, 1.82) is 5.26 Å². The van der Waals surface area contributed by atoms with Crippen LogP contribution >= 0.6 is 0 Å². The number of nitrogens with zero attached hydrogens (tertiary/aromatic N) is 4. The van der Waals surface area contributed by atoms with Crippen LogP contribution in [0.2, 0.25) is 0 Å². The summed E-state index contributed by atoms with van der Waals surface area (Å²) >= 11 is 0. The summed E-state index contributed by atoms with van der Waals surface area (Å²) in [5.74, 6) is 1.64. The molecule has 7 nitrogen and oxygen atoms in total. The molecule has 0 bridgehead atoms. The van der Waals surface area contributed by atoms with E-state index in [0.29, 0.717) is 31.1 Å². The molecular weight excluding hydrogens is 416 g/mol. The summed E-state index contributed by atoms with van der Waals surface area (Å²) in [5, 5.41) is 10.2. The van der Waals surface area contributed by atoms with Gasteiger partial charge in [0.25, 0.3) is 0 Å². The first-order valence-corrected chi connectivity index (χ1v) is 12.4. The molecule has 1 aliphatic carbocycles. The smallest absolute Gasteiger partial charge is 0.302 e. The molecule has 0 spiro atoms. The fourth-order valence-electron chi connectivity index (χ4n) is 5.25. The average molecular weight is 455 g/mol. The van der Waals surface area contributed by atoms with E-state index in [1.807, 2.05) is 0 Å². The topological polar surface area (TPSA) is 78.7 Å². The number of pyridine rings is 1. The summed E-state index contributed by atoms with van der Waals surface area (Å²) in [7, 11) is 0. The van der Waals surface area contributed by atoms with Crippen molar-refractivity contribution in [2.75, 3.05) is 37.7 Å². The maximum absolute atomic E-state index is 11.1. The highest BCUT2D eigenvalue weighted by atomic mass is 16.5. The summed E-state index contributed by atoms with van der Waals surface area (Å²) < 4.78 is 11.2. The van der Waals surface area contributed by atoms with Crippen LogP contribution in [0.5, 0.6) is 0 Å². The highest BCUT2D eigenvalue weighted by Gasteiger charge is 2.38. The van der Waals surface area contributed by atoms with Crippen LogP contribution in [0.1, 0.15) is 82.2 Å². The minimum absolute atomic E-state index is 0.220. The molecule has 180 valence electrons. The van der Waals surface area contributed by atoms with Gasteiger partial charge in [0, 0.05) is 57.0 Å². The van der Waals surface area contributed by atoms with Gasteiger partial charge in [-0.05, 0) is 44.6 Å². The number of ether oxygens (including phenoxy) is 2. The lowest BCUT2D eigenvalue weighted by Gasteiger charge is -2.44. The zero-order valence-corrected chi connectivity index (χ0v) is 20.8. The predicted molar refractivity (Wildman–Crippen MR) is 127 cm³/mol. The number of aromatic nitrogens is 1. The first-order valence-electron chi connectivity index (χ1n) is 12.4. The zero-order chi connectivity index (χ0) is 23.8. The van der Waals surface area contributed by atoms with Crippen LogP contribution < -0.4 is 4.90 Å². The molecular formula is C26H38N4O3. The molecule has 1 aromatic heterocycles. The monoisotopic (exact) mass is 454 g/mol. The van der Waals surface area contributed by atoms with E-state index in [2.05, 4.69) is 43.6 Å². The van der Waals surface area contributed by atoms with E-state index in [1.165, 1.54) is 31.0 Å². The number of hydrogen-bond acceptors (Lipinski definition) is 7. The molecule has 0 N–H and O–H groups in total. The Hall–Kier alpha value is -2.17. The highest BCUT2D eigenvalue weighted by Crippen LogP contribution is 2.45. The van der Waals surface area contributed by atoms with Crippen molar-refractivity contribution in [2.45, 2.75) is 84.5 Å². The van der Waals surface area contributed by atoms with Gasteiger partial charge in [-0.1, -0.05) is 13.8 Å². The van der Waals surface area contributed by atoms with Crippen LogP contribution in [-0.4, -0.2) is 60.3 Å². The van der Waals surface area contributed by atoms with Gasteiger partial charge in [-0.2, -0.15) is 5.26 Å². The van der Waals surface area contributed by atoms with E-state index in [-0.39, 0.29) is 11.6 Å². The third-order valence-corrected chi connectivity index (χ3v) is 7.21. The standard InChI is InChI=1S/C26H38N4O3/c1-17(2)23-15-30(11-10-29(23)9-6-12-32-18(3)31)25-21(14-27)20-13-26(4,5)33-16-22(20)24(28-25)19-7-8-19/h17,19,23H,6-13,15-16H2,1-5H3. The molecule has 33 heavy (non-hydrogen) atoms. The maximum Gasteiger partial charge on any atom is 0.302 e. The van der Waals surface area contributed by atoms with E-state index in [1.54, 1.807) is 0 Å². The summed E-state index contributed by atoms with van der Waals surface area (Å²) in [5.41, 5.74) is 3.97. The van der Waals surface area contributed by atoms with Gasteiger partial charge in [0.15, 0.2) is 0 Å². The van der Waals surface area contributed by atoms with Crippen LogP contribution in [0.4, 0.5) is 5.82 Å². The van der Waals surface area contributed by atoms with Crippen molar-refractivity contribution in [3.05, 3.63) is 22.4 Å². The number of nitriles is 1. The number of rotatable bonds is 7. The van der Waals surface area contributed by atoms with Gasteiger partial charge in [-0.25, -0.2) is 4.98 Å². The number of carbonyl (C=O) groups excluding carboxylic acids is 1. The molecule has 1 saturated carbocycles. The lowest BCUT2D eigenvalue weighted by molar-refractivity contribution is -0.141. The van der Waals surface area contributed by atoms with Crippen molar-refractivity contribution in [3.63, 3.8) is 0 Å². The number of fused-ring (bicyclic) bond motifs is 1. The van der Waals surface area contributed by atoms with Gasteiger partial charge in [0.2, 0.25) is 0 Å². The Morgan fingerprint density at radius 1 is 1.30 bits per heavy atom. The molecule has 3 heterocycles. The van der Waals surface area contributed by atoms with E-state index >= 15 is 0 Å². The lowest BCUT2D eigenvalue weighted by Crippen LogP contribution is -2.56. The minimum Gasteiger partial charge on any atom is -0.466 e. The first-order chi connectivity index (χ1) is 15.7. The number of anilines is 1. The Kier molecular flexibility index (Phi) is 6.97. The number of carbonyl (C=O) groups is 1. The summed E-state index contributed by atoms with van der Waals surface area (Å²) in [6.45, 7) is 14.7. The fourth-order valence-corrected chi connectivity index (χ4v) is 5.25. The minimum atomic E-state index is -0.265. The molecule has 2 fully saturated rings. The summed E-state index contributed by atoms with van der Waals surface area (Å²) in [6.07, 6.45) is 3.95. The number of piperazine rings is 1. The average Bonchev–Trinajstić information content (AvgIpc) is 3.60. The van der Waals surface area contributed by atoms with Gasteiger partial charge >= 0.3 is 5.97 Å². The summed E-state index contributed by atoms with van der Waals surface area (Å²) in [4.78, 5) is 21.1. The first kappa shape index (κ1) is 24.0. The van der Waals surface area contributed by atoms with Crippen molar-refractivity contribution in [1.82, 2.24) is 9.88 Å². The van der Waals surface area contributed by atoms with Crippen molar-refractivity contribution < 1.29 is 14.3 Å². The quantitative estimate of drug-likeness (QED) is 0.458. The van der Waals surface area contributed by atoms with Crippen molar-refractivity contribution in [3.8, 4) is 6.07 Å². The van der Waals surface area contributed by atoms with Gasteiger partial charge < -0.3 is 14.4 Å². The molecule has 0 aromatic carbocycles. The Morgan fingerprint density at radius 3 is 2.70 bits per heavy atom. The van der Waals surface area contributed by atoms with Gasteiger partial charge in [-0.15, -0.1) is 0 Å². The molecule has 2 aliphatic heterocycles. The third kappa shape index (κ3) is 5.33. The molecule has 3 aliphatic rings. The van der Waals surface area contributed by atoms with Gasteiger partial charge in [-0.3, -0.25) is 9.69 Å². The van der Waals surface area contributed by atoms with Gasteiger partial charge in [0.1, 0.15) is 11.9 Å². The third-order valence-electron chi connectivity index (χ3n) is 7.21. The Balaban J connectivity index is 1.59. The largest absolute Gasteiger partial charge is 0.466 e. The SMILES string of the molecule is CC(=O)OCCCN1CCN(c2nc(C3CC3)c3c(c2C#N)CC(C)(C)OC3)CC1C(C)C. The maximum atomic E-state index is 11.1. The van der Waals surface area contributed by atoms with E-state index in [4.69, 9.17) is 14.5 Å². The number of hydrogen-bond donors (Lipinski definition) is 0. The second-order valence-electron chi connectivity index (χ2n) is 10.8. The molecule has 0 amide bonds. The highest BCUT2D eigenvalue weighted by molar-refractivity contribution is 5.65. The Morgan fingerprint density at radius 2 is 2.06 bits per heavy atom. The van der Waals surface area contributed by atoms with Gasteiger partial charge in [0.05, 0.1) is 30.1 Å². The zero-order valence-electron chi connectivity index (χ0n) is 20.8. The van der Waals surface area contributed by atoms with Crippen LogP contribution in [0.25, 0.3) is 0 Å². The molecule has 1 atom stereocenters.